The van der Waals surface area contributed by atoms with Crippen LogP contribution in [-0.4, -0.2) is 58.6 Å². The molecule has 0 unspecified atom stereocenters. The molecule has 1 aromatic rings. The van der Waals surface area contributed by atoms with Crippen molar-refractivity contribution in [1.82, 2.24) is 15.6 Å². The third-order valence-electron chi connectivity index (χ3n) is 2.86. The van der Waals surface area contributed by atoms with Crippen molar-refractivity contribution >= 4 is 29.9 Å². The van der Waals surface area contributed by atoms with Gasteiger partial charge in [0, 0.05) is 52.7 Å². The highest BCUT2D eigenvalue weighted by molar-refractivity contribution is 14.0. The zero-order chi connectivity index (χ0) is 16.0. The van der Waals surface area contributed by atoms with Crippen LogP contribution in [0.3, 0.4) is 0 Å². The molecule has 0 aliphatic heterocycles. The Morgan fingerprint density at radius 3 is 2.65 bits per heavy atom. The normalized spacial score (nSPS) is 10.8. The molecule has 0 radical (unpaired) electrons. The predicted octanol–water partition coefficient (Wildman–Crippen LogP) is 1.43. The molecule has 0 spiro atoms. The highest BCUT2D eigenvalue weighted by Crippen LogP contribution is 2.13. The second kappa shape index (κ2) is 14.5. The minimum Gasteiger partial charge on any atom is -0.475 e. The Morgan fingerprint density at radius 1 is 1.17 bits per heavy atom. The lowest BCUT2D eigenvalue weighted by Gasteiger charge is -2.14. The summed E-state index contributed by atoms with van der Waals surface area (Å²) in [7, 11) is 5.08. The van der Waals surface area contributed by atoms with Crippen molar-refractivity contribution in [2.45, 2.75) is 13.0 Å². The molecule has 0 atom stereocenters. The van der Waals surface area contributed by atoms with Crippen molar-refractivity contribution in [2.24, 2.45) is 4.99 Å². The number of rotatable bonds is 10. The molecule has 8 heteroatoms. The van der Waals surface area contributed by atoms with E-state index in [4.69, 9.17) is 14.2 Å². The van der Waals surface area contributed by atoms with Gasteiger partial charge in [0.15, 0.2) is 5.96 Å². The maximum absolute atomic E-state index is 5.60. The second-order valence-corrected chi connectivity index (χ2v) is 4.51. The number of hydrogen-bond donors (Lipinski definition) is 2. The highest BCUT2D eigenvalue weighted by Gasteiger charge is 2.05. The quantitative estimate of drug-likeness (QED) is 0.249. The Balaban J connectivity index is 0.00000484. The number of ether oxygens (including phenoxy) is 3. The fraction of sp³-hybridized carbons (Fsp3) is 0.600. The summed E-state index contributed by atoms with van der Waals surface area (Å²) in [5.41, 5.74) is 0.971. The molecule has 1 heterocycles. The summed E-state index contributed by atoms with van der Waals surface area (Å²) in [6.45, 7) is 3.12. The van der Waals surface area contributed by atoms with Gasteiger partial charge in [0.1, 0.15) is 6.61 Å². The average molecular weight is 438 g/mol. The summed E-state index contributed by atoms with van der Waals surface area (Å²) in [5.74, 6) is 1.35. The van der Waals surface area contributed by atoms with Crippen LogP contribution in [0.1, 0.15) is 12.0 Å². The molecule has 0 aliphatic carbocycles. The topological polar surface area (TPSA) is 77.0 Å². The van der Waals surface area contributed by atoms with Gasteiger partial charge in [-0.2, -0.15) is 0 Å². The third-order valence-corrected chi connectivity index (χ3v) is 2.86. The first kappa shape index (κ1) is 21.9. The molecule has 0 amide bonds. The molecule has 0 bridgehead atoms. The zero-order valence-corrected chi connectivity index (χ0v) is 16.3. The molecule has 132 valence electrons. The number of hydrogen-bond acceptors (Lipinski definition) is 5. The van der Waals surface area contributed by atoms with Crippen LogP contribution in [0.25, 0.3) is 0 Å². The first-order valence-electron chi connectivity index (χ1n) is 7.31. The van der Waals surface area contributed by atoms with E-state index in [1.54, 1.807) is 27.5 Å². The van der Waals surface area contributed by atoms with Crippen molar-refractivity contribution in [3.05, 3.63) is 23.9 Å². The fourth-order valence-electron chi connectivity index (χ4n) is 1.73. The van der Waals surface area contributed by atoms with E-state index < -0.39 is 0 Å². The minimum absolute atomic E-state index is 0. The van der Waals surface area contributed by atoms with Gasteiger partial charge in [-0.1, -0.05) is 6.07 Å². The summed E-state index contributed by atoms with van der Waals surface area (Å²) in [4.78, 5) is 8.42. The van der Waals surface area contributed by atoms with E-state index in [2.05, 4.69) is 20.6 Å². The van der Waals surface area contributed by atoms with Gasteiger partial charge in [0.25, 0.3) is 0 Å². The van der Waals surface area contributed by atoms with Crippen molar-refractivity contribution < 1.29 is 14.2 Å². The van der Waals surface area contributed by atoms with Crippen LogP contribution in [0.15, 0.2) is 23.3 Å². The van der Waals surface area contributed by atoms with E-state index in [0.29, 0.717) is 25.6 Å². The number of guanidine groups is 1. The molecule has 0 aromatic carbocycles. The van der Waals surface area contributed by atoms with Gasteiger partial charge in [0.05, 0.1) is 6.61 Å². The van der Waals surface area contributed by atoms with Gasteiger partial charge in [-0.05, 0) is 12.5 Å². The van der Waals surface area contributed by atoms with Crippen LogP contribution in [0.5, 0.6) is 5.88 Å². The summed E-state index contributed by atoms with van der Waals surface area (Å²) in [5, 5.41) is 6.46. The van der Waals surface area contributed by atoms with Gasteiger partial charge in [-0.15, -0.1) is 24.0 Å². The summed E-state index contributed by atoms with van der Waals surface area (Å²) in [6, 6.07) is 3.86. The number of nitrogens with one attached hydrogen (secondary N) is 2. The van der Waals surface area contributed by atoms with Gasteiger partial charge < -0.3 is 24.8 Å². The first-order valence-corrected chi connectivity index (χ1v) is 7.31. The van der Waals surface area contributed by atoms with Crippen LogP contribution in [0, 0.1) is 0 Å². The molecular weight excluding hydrogens is 411 g/mol. The minimum atomic E-state index is 0. The standard InChI is InChI=1S/C15H26N4O3.HI/c1-16-15(18-8-5-9-20-2)19-12-13-6-4-7-17-14(13)22-11-10-21-3;/h4,6-7H,5,8-12H2,1-3H3,(H2,16,18,19);1H. The summed E-state index contributed by atoms with van der Waals surface area (Å²) in [6.07, 6.45) is 2.64. The van der Waals surface area contributed by atoms with Gasteiger partial charge >= 0.3 is 0 Å². The Labute approximate surface area is 155 Å². The largest absolute Gasteiger partial charge is 0.475 e. The molecule has 2 N–H and O–H groups in total. The van der Waals surface area contributed by atoms with Crippen molar-refractivity contribution in [2.75, 3.05) is 47.6 Å². The number of pyridine rings is 1. The average Bonchev–Trinajstić information content (AvgIpc) is 2.55. The van der Waals surface area contributed by atoms with Crippen LogP contribution in [0.2, 0.25) is 0 Å². The molecular formula is C15H27IN4O3. The Bertz CT molecular complexity index is 446. The monoisotopic (exact) mass is 438 g/mol. The lowest BCUT2D eigenvalue weighted by Crippen LogP contribution is -2.37. The zero-order valence-electron chi connectivity index (χ0n) is 14.0. The van der Waals surface area contributed by atoms with E-state index in [-0.39, 0.29) is 24.0 Å². The van der Waals surface area contributed by atoms with Crippen molar-refractivity contribution in [3.8, 4) is 5.88 Å². The van der Waals surface area contributed by atoms with E-state index in [1.807, 2.05) is 12.1 Å². The Kier molecular flexibility index (Phi) is 13.8. The Morgan fingerprint density at radius 2 is 1.96 bits per heavy atom. The molecule has 0 saturated heterocycles. The van der Waals surface area contributed by atoms with Crippen LogP contribution in [0.4, 0.5) is 0 Å². The van der Waals surface area contributed by atoms with Gasteiger partial charge in [-0.25, -0.2) is 4.98 Å². The molecule has 7 nitrogen and oxygen atoms in total. The second-order valence-electron chi connectivity index (χ2n) is 4.51. The van der Waals surface area contributed by atoms with E-state index in [0.717, 1.165) is 31.1 Å². The Hall–Kier alpha value is -1.13. The smallest absolute Gasteiger partial charge is 0.218 e. The SMILES string of the molecule is CN=C(NCCCOC)NCc1cccnc1OCCOC.I. The first-order chi connectivity index (χ1) is 10.8. The van der Waals surface area contributed by atoms with Crippen molar-refractivity contribution in [1.29, 1.82) is 0 Å². The van der Waals surface area contributed by atoms with Gasteiger partial charge in [-0.3, -0.25) is 4.99 Å². The number of halogens is 1. The highest BCUT2D eigenvalue weighted by atomic mass is 127. The molecule has 0 saturated carbocycles. The number of aromatic nitrogens is 1. The lowest BCUT2D eigenvalue weighted by molar-refractivity contribution is 0.143. The summed E-state index contributed by atoms with van der Waals surface area (Å²) < 4.78 is 15.6. The van der Waals surface area contributed by atoms with E-state index >= 15 is 0 Å². The predicted molar refractivity (Wildman–Crippen MR) is 102 cm³/mol. The van der Waals surface area contributed by atoms with Crippen LogP contribution in [-0.2, 0) is 16.0 Å². The molecule has 23 heavy (non-hydrogen) atoms. The van der Waals surface area contributed by atoms with Crippen LogP contribution < -0.4 is 15.4 Å². The number of nitrogens with zero attached hydrogens (tertiary/aromatic N) is 2. The third kappa shape index (κ3) is 9.57. The molecule has 1 rings (SSSR count). The molecule has 0 aliphatic rings. The number of aliphatic imine (C=N–C) groups is 1. The van der Waals surface area contributed by atoms with Crippen molar-refractivity contribution in [3.63, 3.8) is 0 Å². The fourth-order valence-corrected chi connectivity index (χ4v) is 1.73. The molecule has 1 aromatic heterocycles. The van der Waals surface area contributed by atoms with Crippen LogP contribution >= 0.6 is 24.0 Å². The molecule has 0 fully saturated rings. The maximum atomic E-state index is 5.60. The van der Waals surface area contributed by atoms with E-state index in [9.17, 15) is 0 Å². The van der Waals surface area contributed by atoms with E-state index in [1.165, 1.54) is 0 Å². The maximum Gasteiger partial charge on any atom is 0.218 e. The number of methoxy groups -OCH3 is 2. The lowest BCUT2D eigenvalue weighted by atomic mass is 10.2. The van der Waals surface area contributed by atoms with Gasteiger partial charge in [0.2, 0.25) is 5.88 Å². The summed E-state index contributed by atoms with van der Waals surface area (Å²) >= 11 is 0.